The molecule has 3 aromatic rings. The van der Waals surface area contributed by atoms with Crippen molar-refractivity contribution in [1.29, 1.82) is 0 Å². The lowest BCUT2D eigenvalue weighted by Crippen LogP contribution is -2.37. The molecule has 6 nitrogen and oxygen atoms in total. The zero-order valence-electron chi connectivity index (χ0n) is 15.9. The van der Waals surface area contributed by atoms with Crippen LogP contribution in [0.25, 0.3) is 5.69 Å². The van der Waals surface area contributed by atoms with Crippen LogP contribution in [-0.4, -0.2) is 22.1 Å². The molecule has 0 saturated carbocycles. The molecule has 0 spiro atoms. The molecule has 7 heteroatoms. The van der Waals surface area contributed by atoms with Gasteiger partial charge in [0, 0.05) is 24.4 Å². The summed E-state index contributed by atoms with van der Waals surface area (Å²) in [5, 5.41) is 0.217. The molecule has 29 heavy (non-hydrogen) atoms. The van der Waals surface area contributed by atoms with Crippen LogP contribution in [0.2, 0.25) is 5.02 Å². The van der Waals surface area contributed by atoms with E-state index in [-0.39, 0.29) is 22.2 Å². The van der Waals surface area contributed by atoms with Gasteiger partial charge in [-0.05, 0) is 44.0 Å². The Morgan fingerprint density at radius 2 is 1.76 bits per heavy atom. The highest BCUT2D eigenvalue weighted by molar-refractivity contribution is 6.32. The van der Waals surface area contributed by atoms with Gasteiger partial charge in [-0.1, -0.05) is 41.6 Å². The average Bonchev–Trinajstić information content (AvgIpc) is 2.73. The molecular formula is C22H17ClN4O2. The van der Waals surface area contributed by atoms with Crippen LogP contribution in [0, 0.1) is 11.8 Å². The largest absolute Gasteiger partial charge is 0.337 e. The third-order valence-electron chi connectivity index (χ3n) is 4.13. The minimum atomic E-state index is -0.626. The monoisotopic (exact) mass is 404 g/mol. The molecule has 0 atom stereocenters. The molecule has 0 amide bonds. The van der Waals surface area contributed by atoms with Gasteiger partial charge in [0.15, 0.2) is 11.5 Å². The molecule has 1 aromatic heterocycles. The van der Waals surface area contributed by atoms with E-state index in [4.69, 9.17) is 11.6 Å². The van der Waals surface area contributed by atoms with Gasteiger partial charge in [0.05, 0.1) is 10.7 Å². The lowest BCUT2D eigenvalue weighted by molar-refractivity contribution is 0.744. The highest BCUT2D eigenvalue weighted by Crippen LogP contribution is 2.24. The van der Waals surface area contributed by atoms with E-state index in [0.717, 1.165) is 10.1 Å². The Labute approximate surface area is 172 Å². The van der Waals surface area contributed by atoms with Gasteiger partial charge in [-0.15, -0.1) is 0 Å². The van der Waals surface area contributed by atoms with Gasteiger partial charge < -0.3 is 0 Å². The summed E-state index contributed by atoms with van der Waals surface area (Å²) in [6.07, 6.45) is 1.45. The Kier molecular flexibility index (Phi) is 5.91. The predicted octanol–water partition coefficient (Wildman–Crippen LogP) is 3.64. The lowest BCUT2D eigenvalue weighted by Gasteiger charge is -2.13. The normalized spacial score (nSPS) is 10.6. The first-order valence-corrected chi connectivity index (χ1v) is 9.04. The molecule has 0 saturated heterocycles. The van der Waals surface area contributed by atoms with Gasteiger partial charge in [-0.25, -0.2) is 14.4 Å². The first kappa shape index (κ1) is 20.1. The number of halogens is 1. The fourth-order valence-corrected chi connectivity index (χ4v) is 3.02. The maximum Gasteiger partial charge on any atom is 0.337 e. The maximum atomic E-state index is 12.9. The van der Waals surface area contributed by atoms with Crippen LogP contribution < -0.4 is 11.2 Å². The molecule has 2 aromatic carbocycles. The minimum Gasteiger partial charge on any atom is -0.279 e. The number of benzene rings is 2. The van der Waals surface area contributed by atoms with Crippen LogP contribution >= 0.6 is 11.6 Å². The van der Waals surface area contributed by atoms with Crippen molar-refractivity contribution in [2.75, 3.05) is 0 Å². The molecule has 3 rings (SSSR count). The van der Waals surface area contributed by atoms with Crippen LogP contribution in [0.3, 0.4) is 0 Å². The third kappa shape index (κ3) is 3.96. The molecule has 0 bridgehead atoms. The van der Waals surface area contributed by atoms with Crippen LogP contribution in [0.4, 0.5) is 11.5 Å². The van der Waals surface area contributed by atoms with Crippen LogP contribution in [0.15, 0.2) is 68.1 Å². The van der Waals surface area contributed by atoms with E-state index >= 15 is 0 Å². The van der Waals surface area contributed by atoms with E-state index in [2.05, 4.69) is 28.5 Å². The maximum absolute atomic E-state index is 12.9. The van der Waals surface area contributed by atoms with Gasteiger partial charge in [0.25, 0.3) is 5.56 Å². The SMILES string of the molecule is C=Nc1c(N=CC)c(=O)n(-c2ccc(C#Cc3ccccc3)cc2Cl)c(=O)n1C. The Hall–Kier alpha value is -3.69. The number of aliphatic imine (C=N–C) groups is 2. The smallest absolute Gasteiger partial charge is 0.279 e. The Morgan fingerprint density at radius 1 is 1.07 bits per heavy atom. The summed E-state index contributed by atoms with van der Waals surface area (Å²) in [6.45, 7) is 5.08. The van der Waals surface area contributed by atoms with Gasteiger partial charge in [-0.2, -0.15) is 0 Å². The number of hydrogen-bond donors (Lipinski definition) is 0. The fraction of sp³-hybridized carbons (Fsp3) is 0.0909. The highest BCUT2D eigenvalue weighted by Gasteiger charge is 2.18. The molecule has 0 aliphatic rings. The summed E-state index contributed by atoms with van der Waals surface area (Å²) < 4.78 is 2.17. The Balaban J connectivity index is 2.15. The van der Waals surface area contributed by atoms with Crippen LogP contribution in [0.5, 0.6) is 0 Å². The van der Waals surface area contributed by atoms with Crippen LogP contribution in [0.1, 0.15) is 18.1 Å². The van der Waals surface area contributed by atoms with Crippen molar-refractivity contribution < 1.29 is 0 Å². The molecule has 0 aliphatic carbocycles. The summed E-state index contributed by atoms with van der Waals surface area (Å²) in [7, 11) is 1.49. The zero-order valence-corrected chi connectivity index (χ0v) is 16.6. The summed E-state index contributed by atoms with van der Waals surface area (Å²) in [4.78, 5) is 33.5. The molecule has 0 aliphatic heterocycles. The topological polar surface area (TPSA) is 68.7 Å². The zero-order chi connectivity index (χ0) is 21.0. The molecule has 1 heterocycles. The second-order valence-electron chi connectivity index (χ2n) is 5.98. The number of hydrogen-bond acceptors (Lipinski definition) is 4. The highest BCUT2D eigenvalue weighted by atomic mass is 35.5. The second kappa shape index (κ2) is 8.55. The van der Waals surface area contributed by atoms with Crippen molar-refractivity contribution in [1.82, 2.24) is 9.13 Å². The van der Waals surface area contributed by atoms with Crippen molar-refractivity contribution in [3.63, 3.8) is 0 Å². The van der Waals surface area contributed by atoms with Gasteiger partial charge in [-0.3, -0.25) is 14.4 Å². The number of nitrogens with zero attached hydrogens (tertiary/aromatic N) is 4. The average molecular weight is 405 g/mol. The minimum absolute atomic E-state index is 0.00797. The van der Waals surface area contributed by atoms with E-state index in [9.17, 15) is 9.59 Å². The Bertz CT molecular complexity index is 1290. The van der Waals surface area contributed by atoms with Crippen molar-refractivity contribution in [2.45, 2.75) is 6.92 Å². The van der Waals surface area contributed by atoms with Crippen molar-refractivity contribution in [2.24, 2.45) is 17.0 Å². The number of rotatable bonds is 3. The van der Waals surface area contributed by atoms with Crippen LogP contribution in [-0.2, 0) is 7.05 Å². The quantitative estimate of drug-likeness (QED) is 0.494. The standard InChI is InChI=1S/C22H17ClN4O2/c1-4-25-19-20(24-2)26(3)22(29)27(21(19)28)18-13-12-16(14-17(18)23)11-10-15-8-6-5-7-9-15/h4-9,12-14H,2H2,1,3H3. The molecule has 0 N–H and O–H groups in total. The predicted molar refractivity (Wildman–Crippen MR) is 118 cm³/mol. The molecular weight excluding hydrogens is 388 g/mol. The summed E-state index contributed by atoms with van der Waals surface area (Å²) in [5.74, 6) is 6.15. The molecule has 144 valence electrons. The fourth-order valence-electron chi connectivity index (χ4n) is 2.76. The first-order valence-electron chi connectivity index (χ1n) is 8.66. The van der Waals surface area contributed by atoms with E-state index < -0.39 is 11.2 Å². The number of aromatic nitrogens is 2. The van der Waals surface area contributed by atoms with Crippen molar-refractivity contribution >= 4 is 36.0 Å². The van der Waals surface area contributed by atoms with Gasteiger partial charge in [0.1, 0.15) is 0 Å². The van der Waals surface area contributed by atoms with Crippen molar-refractivity contribution in [3.05, 3.63) is 85.5 Å². The van der Waals surface area contributed by atoms with Gasteiger partial charge in [0.2, 0.25) is 0 Å². The second-order valence-corrected chi connectivity index (χ2v) is 6.39. The third-order valence-corrected chi connectivity index (χ3v) is 4.44. The Morgan fingerprint density at radius 3 is 2.38 bits per heavy atom. The summed E-state index contributed by atoms with van der Waals surface area (Å²) >= 11 is 6.40. The van der Waals surface area contributed by atoms with E-state index in [1.807, 2.05) is 30.3 Å². The summed E-state index contributed by atoms with van der Waals surface area (Å²) in [5.41, 5.74) is 0.548. The molecule has 0 radical (unpaired) electrons. The van der Waals surface area contributed by atoms with E-state index in [1.54, 1.807) is 25.1 Å². The van der Waals surface area contributed by atoms with Crippen molar-refractivity contribution in [3.8, 4) is 17.5 Å². The first-order chi connectivity index (χ1) is 14.0. The summed E-state index contributed by atoms with van der Waals surface area (Å²) in [6, 6.07) is 14.4. The lowest BCUT2D eigenvalue weighted by atomic mass is 10.1. The van der Waals surface area contributed by atoms with E-state index in [0.29, 0.717) is 5.56 Å². The van der Waals surface area contributed by atoms with E-state index in [1.165, 1.54) is 17.8 Å². The molecule has 0 fully saturated rings. The van der Waals surface area contributed by atoms with Gasteiger partial charge >= 0.3 is 5.69 Å². The molecule has 0 unspecified atom stereocenters.